The summed E-state index contributed by atoms with van der Waals surface area (Å²) in [5.41, 5.74) is 2.14. The van der Waals surface area contributed by atoms with Gasteiger partial charge in [-0.05, 0) is 52.2 Å². The van der Waals surface area contributed by atoms with Crippen molar-refractivity contribution in [1.29, 1.82) is 0 Å². The van der Waals surface area contributed by atoms with Gasteiger partial charge in [-0.1, -0.05) is 54.6 Å². The summed E-state index contributed by atoms with van der Waals surface area (Å²) in [7, 11) is -4.49. The number of aromatic hydroxyl groups is 1. The minimum absolute atomic E-state index is 0.0773. The summed E-state index contributed by atoms with van der Waals surface area (Å²) in [5.74, 6) is -3.54. The second-order valence-corrected chi connectivity index (χ2v) is 11.5. The van der Waals surface area contributed by atoms with Gasteiger partial charge in [0.25, 0.3) is 10.0 Å². The van der Waals surface area contributed by atoms with E-state index in [0.717, 1.165) is 28.0 Å². The van der Waals surface area contributed by atoms with Crippen molar-refractivity contribution in [3.05, 3.63) is 126 Å². The highest BCUT2D eigenvalue weighted by atomic mass is 32.2. The molecule has 8 nitrogen and oxygen atoms in total. The lowest BCUT2D eigenvalue weighted by atomic mass is 10.0. The molecule has 0 aliphatic heterocycles. The summed E-state index contributed by atoms with van der Waals surface area (Å²) in [4.78, 5) is 12.6. The molecule has 6 aromatic rings. The minimum atomic E-state index is -4.49. The van der Waals surface area contributed by atoms with E-state index < -0.39 is 38.9 Å². The van der Waals surface area contributed by atoms with Crippen LogP contribution in [0.25, 0.3) is 21.5 Å². The predicted molar refractivity (Wildman–Crippen MR) is 153 cm³/mol. The highest BCUT2D eigenvalue weighted by Crippen LogP contribution is 2.35. The fourth-order valence-electron chi connectivity index (χ4n) is 5.13. The van der Waals surface area contributed by atoms with Crippen molar-refractivity contribution in [2.75, 3.05) is 0 Å². The largest absolute Gasteiger partial charge is 0.494 e. The average molecular weight is 587 g/mol. The molecule has 2 N–H and O–H groups in total. The third kappa shape index (κ3) is 5.21. The van der Waals surface area contributed by atoms with Crippen molar-refractivity contribution in [1.82, 2.24) is 19.1 Å². The molecule has 2 aromatic heterocycles. The highest BCUT2D eigenvalue weighted by molar-refractivity contribution is 7.90. The lowest BCUT2D eigenvalue weighted by molar-refractivity contribution is -0.118. The minimum Gasteiger partial charge on any atom is -0.494 e. The van der Waals surface area contributed by atoms with Crippen LogP contribution >= 0.6 is 0 Å². The molecule has 0 saturated carbocycles. The van der Waals surface area contributed by atoms with E-state index in [2.05, 4.69) is 5.10 Å². The van der Waals surface area contributed by atoms with Gasteiger partial charge in [0.2, 0.25) is 5.91 Å². The average Bonchev–Trinajstić information content (AvgIpc) is 3.57. The normalized spacial score (nSPS) is 11.8. The Bertz CT molecular complexity index is 2070. The topological polar surface area (TPSA) is 106 Å². The van der Waals surface area contributed by atoms with Crippen LogP contribution in [0.15, 0.2) is 102 Å². The van der Waals surface area contributed by atoms with Gasteiger partial charge in [0.05, 0.1) is 24.4 Å². The van der Waals surface area contributed by atoms with E-state index in [-0.39, 0.29) is 12.4 Å². The van der Waals surface area contributed by atoms with Gasteiger partial charge >= 0.3 is 0 Å². The number of aromatic nitrogens is 3. The number of halogens is 2. The maximum Gasteiger partial charge on any atom is 0.264 e. The number of benzene rings is 4. The first-order chi connectivity index (χ1) is 20.2. The molecule has 4 aromatic carbocycles. The molecule has 0 saturated heterocycles. The number of nitrogens with one attached hydrogen (secondary N) is 1. The summed E-state index contributed by atoms with van der Waals surface area (Å²) in [6, 6.07) is 22.9. The summed E-state index contributed by atoms with van der Waals surface area (Å²) in [6.07, 6.45) is 3.07. The number of carbonyl (C=O) groups excluding carboxylic acids is 1. The summed E-state index contributed by atoms with van der Waals surface area (Å²) < 4.78 is 57.9. The molecule has 42 heavy (non-hydrogen) atoms. The van der Waals surface area contributed by atoms with Crippen molar-refractivity contribution >= 4 is 37.5 Å². The Hall–Kier alpha value is -5.03. The lowest BCUT2D eigenvalue weighted by Crippen LogP contribution is -2.32. The monoisotopic (exact) mass is 586 g/mol. The number of nitrogens with zero attached hydrogens (tertiary/aromatic N) is 3. The van der Waals surface area contributed by atoms with Crippen LogP contribution in [0.2, 0.25) is 0 Å². The van der Waals surface area contributed by atoms with E-state index in [0.29, 0.717) is 35.1 Å². The molecule has 212 valence electrons. The van der Waals surface area contributed by atoms with E-state index >= 15 is 0 Å². The molecule has 0 unspecified atom stereocenters. The molecular weight excluding hydrogens is 562 g/mol. The molecule has 2 heterocycles. The Morgan fingerprint density at radius 3 is 2.45 bits per heavy atom. The maximum absolute atomic E-state index is 13.7. The summed E-state index contributed by atoms with van der Waals surface area (Å²) >= 11 is 0. The zero-order valence-electron chi connectivity index (χ0n) is 22.0. The van der Waals surface area contributed by atoms with Gasteiger partial charge < -0.3 is 9.67 Å². The van der Waals surface area contributed by atoms with Crippen LogP contribution in [0.4, 0.5) is 8.78 Å². The molecule has 0 aliphatic carbocycles. The fraction of sp³-hybridized carbons (Fsp3) is 0.0968. The number of carbonyl (C=O) groups is 1. The smallest absolute Gasteiger partial charge is 0.264 e. The Labute approximate surface area is 239 Å². The first kappa shape index (κ1) is 27.2. The first-order valence-electron chi connectivity index (χ1n) is 13.0. The van der Waals surface area contributed by atoms with Gasteiger partial charge in [0, 0.05) is 28.9 Å². The van der Waals surface area contributed by atoms with E-state index in [4.69, 9.17) is 0 Å². The molecule has 0 aliphatic rings. The zero-order valence-corrected chi connectivity index (χ0v) is 22.9. The molecule has 0 fully saturated rings. The third-order valence-corrected chi connectivity index (χ3v) is 8.48. The van der Waals surface area contributed by atoms with Crippen LogP contribution in [0.1, 0.15) is 16.8 Å². The zero-order chi connectivity index (χ0) is 29.4. The van der Waals surface area contributed by atoms with Gasteiger partial charge in [0.1, 0.15) is 0 Å². The molecule has 0 spiro atoms. The first-order valence-corrected chi connectivity index (χ1v) is 14.5. The molecule has 0 bridgehead atoms. The molecule has 11 heteroatoms. The number of rotatable bonds is 8. The Morgan fingerprint density at radius 1 is 0.857 bits per heavy atom. The SMILES string of the molecule is O=C(Cc1c2ccc(Cn3cccn3)cc2c(O)n1Cc1cccc2ccccc12)NS(=O)(=O)c1ccc(F)c(F)c1. The quantitative estimate of drug-likeness (QED) is 0.258. The Morgan fingerprint density at radius 2 is 1.67 bits per heavy atom. The van der Waals surface area contributed by atoms with Crippen LogP contribution in [-0.4, -0.2) is 33.8 Å². The molecular formula is C31H24F2N4O4S. The van der Waals surface area contributed by atoms with Crippen LogP contribution in [-0.2, 0) is 34.3 Å². The lowest BCUT2D eigenvalue weighted by Gasteiger charge is -2.13. The predicted octanol–water partition coefficient (Wildman–Crippen LogP) is 5.12. The van der Waals surface area contributed by atoms with Crippen molar-refractivity contribution in [2.24, 2.45) is 0 Å². The molecule has 1 amide bonds. The Kier molecular flexibility index (Phi) is 6.95. The second-order valence-electron chi connectivity index (χ2n) is 9.86. The van der Waals surface area contributed by atoms with Crippen LogP contribution in [0.3, 0.4) is 0 Å². The number of sulfonamides is 1. The van der Waals surface area contributed by atoms with Crippen LogP contribution in [0.5, 0.6) is 5.88 Å². The van der Waals surface area contributed by atoms with Crippen molar-refractivity contribution in [3.63, 3.8) is 0 Å². The summed E-state index contributed by atoms with van der Waals surface area (Å²) in [6.45, 7) is 0.661. The number of fused-ring (bicyclic) bond motifs is 2. The van der Waals surface area contributed by atoms with Crippen molar-refractivity contribution in [3.8, 4) is 5.88 Å². The van der Waals surface area contributed by atoms with E-state index in [1.165, 1.54) is 0 Å². The van der Waals surface area contributed by atoms with E-state index in [1.54, 1.807) is 21.5 Å². The van der Waals surface area contributed by atoms with Gasteiger partial charge in [-0.2, -0.15) is 5.10 Å². The van der Waals surface area contributed by atoms with Crippen molar-refractivity contribution in [2.45, 2.75) is 24.4 Å². The molecule has 0 atom stereocenters. The second kappa shape index (κ2) is 10.7. The highest BCUT2D eigenvalue weighted by Gasteiger charge is 2.24. The number of hydrogen-bond donors (Lipinski definition) is 2. The maximum atomic E-state index is 13.7. The number of amides is 1. The number of hydrogen-bond acceptors (Lipinski definition) is 5. The molecule has 6 rings (SSSR count). The van der Waals surface area contributed by atoms with Crippen LogP contribution < -0.4 is 4.72 Å². The summed E-state index contributed by atoms with van der Waals surface area (Å²) in [5, 5.41) is 18.7. The van der Waals surface area contributed by atoms with Gasteiger partial charge in [-0.15, -0.1) is 0 Å². The Balaban J connectivity index is 1.40. The fourth-order valence-corrected chi connectivity index (χ4v) is 6.12. The van der Waals surface area contributed by atoms with E-state index in [1.807, 2.05) is 71.6 Å². The van der Waals surface area contributed by atoms with Gasteiger partial charge in [-0.25, -0.2) is 21.9 Å². The molecule has 0 radical (unpaired) electrons. The standard InChI is InChI=1S/C31H24F2N4O4S/c32-27-12-10-23(16-28(27)33)42(40,41)35-30(38)17-29-25-11-9-20(18-36-14-4-13-34-36)15-26(25)31(39)37(29)19-22-7-3-6-21-5-1-2-8-24(21)22/h1-16,39H,17-19H2,(H,35,38). The van der Waals surface area contributed by atoms with Gasteiger partial charge in [0.15, 0.2) is 17.5 Å². The van der Waals surface area contributed by atoms with E-state index in [9.17, 15) is 27.1 Å². The van der Waals surface area contributed by atoms with Crippen molar-refractivity contribution < 1.29 is 27.1 Å². The third-order valence-electron chi connectivity index (χ3n) is 7.11. The van der Waals surface area contributed by atoms with Gasteiger partial charge in [-0.3, -0.25) is 9.48 Å². The van der Waals surface area contributed by atoms with Crippen LogP contribution in [0, 0.1) is 11.6 Å².